The Morgan fingerprint density at radius 1 is 1.42 bits per heavy atom. The molecule has 2 heterocycles. The molecule has 2 N–H and O–H groups in total. The summed E-state index contributed by atoms with van der Waals surface area (Å²) in [6.07, 6.45) is 5.52. The van der Waals surface area contributed by atoms with Crippen molar-refractivity contribution < 1.29 is 9.53 Å². The smallest absolute Gasteiger partial charge is 0.225 e. The highest BCUT2D eigenvalue weighted by Gasteiger charge is 2.34. The van der Waals surface area contributed by atoms with Gasteiger partial charge in [-0.15, -0.1) is 0 Å². The van der Waals surface area contributed by atoms with Gasteiger partial charge in [-0.05, 0) is 38.3 Å². The number of nitrogens with zero attached hydrogens (tertiary/aromatic N) is 4. The molecule has 8 heteroatoms. The first-order chi connectivity index (χ1) is 15.0. The number of pyridine rings is 1. The number of ether oxygens (including phenoxy) is 1. The molecule has 8 nitrogen and oxygen atoms in total. The molecule has 1 saturated heterocycles. The molecule has 31 heavy (non-hydrogen) atoms. The van der Waals surface area contributed by atoms with Gasteiger partial charge < -0.3 is 25.3 Å². The molecule has 1 amide bonds. The highest BCUT2D eigenvalue weighted by molar-refractivity contribution is 5.85. The van der Waals surface area contributed by atoms with Crippen LogP contribution in [0.25, 0.3) is 5.70 Å². The molecule has 1 unspecified atom stereocenters. The van der Waals surface area contributed by atoms with Gasteiger partial charge in [0, 0.05) is 63.2 Å². The van der Waals surface area contributed by atoms with Gasteiger partial charge in [0.15, 0.2) is 0 Å². The van der Waals surface area contributed by atoms with E-state index < -0.39 is 0 Å². The number of hydrogen-bond acceptors (Lipinski definition) is 7. The number of aromatic nitrogens is 1. The number of piperazine rings is 1. The van der Waals surface area contributed by atoms with Crippen LogP contribution in [0.1, 0.15) is 54.5 Å². The Labute approximate surface area is 184 Å². The molecule has 1 aromatic heterocycles. The Hall–Kier alpha value is -2.92. The summed E-state index contributed by atoms with van der Waals surface area (Å²) >= 11 is 0. The van der Waals surface area contributed by atoms with Gasteiger partial charge in [-0.25, -0.2) is 4.98 Å². The second kappa shape index (κ2) is 9.92. The third-order valence-corrected chi connectivity index (χ3v) is 6.09. The van der Waals surface area contributed by atoms with Crippen LogP contribution in [-0.2, 0) is 9.53 Å². The predicted molar refractivity (Wildman–Crippen MR) is 121 cm³/mol. The van der Waals surface area contributed by atoms with Crippen molar-refractivity contribution in [2.24, 2.45) is 0 Å². The molecule has 1 aliphatic heterocycles. The lowest BCUT2D eigenvalue weighted by Gasteiger charge is -2.41. The van der Waals surface area contributed by atoms with Crippen LogP contribution in [0.2, 0.25) is 0 Å². The van der Waals surface area contributed by atoms with Crippen LogP contribution in [0.4, 0.5) is 5.82 Å². The Kier molecular flexibility index (Phi) is 7.29. The lowest BCUT2D eigenvalue weighted by Crippen LogP contribution is -2.54. The van der Waals surface area contributed by atoms with E-state index in [0.717, 1.165) is 35.4 Å². The molecule has 1 aliphatic carbocycles. The third kappa shape index (κ3) is 4.72. The van der Waals surface area contributed by atoms with E-state index in [9.17, 15) is 10.1 Å². The van der Waals surface area contributed by atoms with Gasteiger partial charge in [0.05, 0.1) is 24.3 Å². The van der Waals surface area contributed by atoms with Crippen LogP contribution >= 0.6 is 0 Å². The lowest BCUT2D eigenvalue weighted by molar-refractivity contribution is -0.134. The van der Waals surface area contributed by atoms with Gasteiger partial charge in [0.1, 0.15) is 11.9 Å². The minimum Gasteiger partial charge on any atom is -0.388 e. The number of carbonyl (C=O) groups is 1. The summed E-state index contributed by atoms with van der Waals surface area (Å²) in [6.45, 7) is 6.31. The third-order valence-electron chi connectivity index (χ3n) is 6.09. The quantitative estimate of drug-likeness (QED) is 0.621. The van der Waals surface area contributed by atoms with E-state index in [-0.39, 0.29) is 11.9 Å². The number of amides is 1. The number of hydrogen-bond donors (Lipinski definition) is 2. The highest BCUT2D eigenvalue weighted by Crippen LogP contribution is 2.44. The van der Waals surface area contributed by atoms with Crippen molar-refractivity contribution in [2.75, 3.05) is 45.3 Å². The average molecular weight is 425 g/mol. The monoisotopic (exact) mass is 424 g/mol. The molecule has 0 spiro atoms. The van der Waals surface area contributed by atoms with Gasteiger partial charge >= 0.3 is 0 Å². The molecule has 166 valence electrons. The average Bonchev–Trinajstić information content (AvgIpc) is 3.60. The van der Waals surface area contributed by atoms with E-state index in [1.165, 1.54) is 6.21 Å². The number of nitrogens with one attached hydrogen (secondary N) is 2. The summed E-state index contributed by atoms with van der Waals surface area (Å²) in [4.78, 5) is 21.5. The molecule has 2 fully saturated rings. The normalized spacial score (nSPS) is 19.2. The summed E-state index contributed by atoms with van der Waals surface area (Å²) < 4.78 is 5.04. The number of methoxy groups -OCH3 is 1. The zero-order valence-corrected chi connectivity index (χ0v) is 18.9. The molecular formula is C23H32N6O2. The fourth-order valence-corrected chi connectivity index (χ4v) is 4.29. The van der Waals surface area contributed by atoms with Crippen LogP contribution in [0.3, 0.4) is 0 Å². The maximum absolute atomic E-state index is 12.5. The van der Waals surface area contributed by atoms with E-state index in [0.29, 0.717) is 50.0 Å². The standard InChI is InChI=1S/C23H32N6O2/c1-15-14-28(10-11-29(15)20(30)8-12-31-4)23-18(13-25)16(2)21(19(26-3)7-9-24)22(27-23)17-5-6-17/h7,9,15,17,24,26H,5-6,8,10-12,14H2,1-4H3/b19-7-,24-9?. The molecular weight excluding hydrogens is 392 g/mol. The summed E-state index contributed by atoms with van der Waals surface area (Å²) in [7, 11) is 3.43. The zero-order valence-electron chi connectivity index (χ0n) is 18.9. The van der Waals surface area contributed by atoms with Crippen molar-refractivity contribution in [1.82, 2.24) is 15.2 Å². The molecule has 0 bridgehead atoms. The van der Waals surface area contributed by atoms with Gasteiger partial charge in [0.2, 0.25) is 5.91 Å². The Morgan fingerprint density at radius 3 is 2.71 bits per heavy atom. The highest BCUT2D eigenvalue weighted by atomic mass is 16.5. The second-order valence-corrected chi connectivity index (χ2v) is 8.20. The van der Waals surface area contributed by atoms with Crippen LogP contribution in [0.5, 0.6) is 0 Å². The maximum Gasteiger partial charge on any atom is 0.225 e. The Morgan fingerprint density at radius 2 is 2.16 bits per heavy atom. The largest absolute Gasteiger partial charge is 0.388 e. The first-order valence-corrected chi connectivity index (χ1v) is 10.8. The van der Waals surface area contributed by atoms with Crippen molar-refractivity contribution in [1.29, 1.82) is 10.7 Å². The number of nitriles is 1. The SMILES string of the molecule is CN/C(=C\C=N)c1c(C2CC2)nc(N2CCN(C(=O)CCOC)C(C)C2)c(C#N)c1C. The van der Waals surface area contributed by atoms with E-state index >= 15 is 0 Å². The number of carbonyl (C=O) groups excluding carboxylic acids is 1. The maximum atomic E-state index is 12.5. The first-order valence-electron chi connectivity index (χ1n) is 10.8. The van der Waals surface area contributed by atoms with E-state index in [4.69, 9.17) is 15.1 Å². The van der Waals surface area contributed by atoms with Crippen molar-refractivity contribution in [2.45, 2.75) is 45.1 Å². The van der Waals surface area contributed by atoms with Crippen LogP contribution in [0, 0.1) is 23.7 Å². The van der Waals surface area contributed by atoms with E-state index in [2.05, 4.69) is 16.3 Å². The minimum absolute atomic E-state index is 0.0292. The first kappa shape index (κ1) is 22.8. The Balaban J connectivity index is 1.96. The van der Waals surface area contributed by atoms with Crippen LogP contribution in [-0.4, -0.2) is 68.4 Å². The molecule has 3 rings (SSSR count). The summed E-state index contributed by atoms with van der Waals surface area (Å²) in [5.41, 5.74) is 4.21. The summed E-state index contributed by atoms with van der Waals surface area (Å²) in [5.74, 6) is 1.20. The molecule has 1 saturated carbocycles. The van der Waals surface area contributed by atoms with E-state index in [1.54, 1.807) is 13.2 Å². The van der Waals surface area contributed by atoms with Gasteiger partial charge in [0.25, 0.3) is 0 Å². The summed E-state index contributed by atoms with van der Waals surface area (Å²) in [5, 5.41) is 20.7. The lowest BCUT2D eigenvalue weighted by atomic mass is 9.96. The molecule has 2 aliphatic rings. The zero-order chi connectivity index (χ0) is 22.5. The van der Waals surface area contributed by atoms with Crippen molar-refractivity contribution in [3.63, 3.8) is 0 Å². The molecule has 0 radical (unpaired) electrons. The molecule has 0 aromatic carbocycles. The van der Waals surface area contributed by atoms with E-state index in [1.807, 2.05) is 25.8 Å². The fraction of sp³-hybridized carbons (Fsp3) is 0.565. The van der Waals surface area contributed by atoms with Gasteiger partial charge in [-0.3, -0.25) is 4.79 Å². The predicted octanol–water partition coefficient (Wildman–Crippen LogP) is 2.42. The van der Waals surface area contributed by atoms with Crippen molar-refractivity contribution in [3.05, 3.63) is 28.5 Å². The number of anilines is 1. The van der Waals surface area contributed by atoms with Crippen molar-refractivity contribution in [3.8, 4) is 6.07 Å². The summed E-state index contributed by atoms with van der Waals surface area (Å²) in [6, 6.07) is 2.40. The number of rotatable bonds is 8. The van der Waals surface area contributed by atoms with Gasteiger partial charge in [-0.2, -0.15) is 5.26 Å². The minimum atomic E-state index is 0.0292. The molecule has 1 atom stereocenters. The second-order valence-electron chi connectivity index (χ2n) is 8.20. The fourth-order valence-electron chi connectivity index (χ4n) is 4.29. The number of allylic oxidation sites excluding steroid dienone is 1. The van der Waals surface area contributed by atoms with Gasteiger partial charge in [-0.1, -0.05) is 0 Å². The Bertz CT molecular complexity index is 916. The topological polar surface area (TPSA) is 105 Å². The van der Waals surface area contributed by atoms with Crippen molar-refractivity contribution >= 4 is 23.6 Å². The van der Waals surface area contributed by atoms with Crippen LogP contribution in [0.15, 0.2) is 6.08 Å². The molecule has 1 aromatic rings. The van der Waals surface area contributed by atoms with Crippen LogP contribution < -0.4 is 10.2 Å².